The summed E-state index contributed by atoms with van der Waals surface area (Å²) in [5, 5.41) is 5.01. The van der Waals surface area contributed by atoms with Crippen LogP contribution in [-0.4, -0.2) is 34.3 Å². The monoisotopic (exact) mass is 285 g/mol. The molecule has 1 unspecified atom stereocenters. The van der Waals surface area contributed by atoms with Crippen molar-refractivity contribution in [1.29, 1.82) is 0 Å². The van der Waals surface area contributed by atoms with Crippen LogP contribution in [0.5, 0.6) is 0 Å². The normalized spacial score (nSPS) is 22.9. The molecule has 19 heavy (non-hydrogen) atoms. The van der Waals surface area contributed by atoms with Gasteiger partial charge in [-0.25, -0.2) is 0 Å². The van der Waals surface area contributed by atoms with Crippen LogP contribution in [0.1, 0.15) is 31.7 Å². The molecule has 0 bridgehead atoms. The van der Waals surface area contributed by atoms with Crippen LogP contribution < -0.4 is 5.73 Å². The summed E-state index contributed by atoms with van der Waals surface area (Å²) < 4.78 is 7.02. The third kappa shape index (κ3) is 2.68. The molecule has 1 atom stereocenters. The van der Waals surface area contributed by atoms with Gasteiger partial charge in [0, 0.05) is 13.2 Å². The first-order chi connectivity index (χ1) is 9.01. The Kier molecular flexibility index (Phi) is 4.28. The number of nitrogens with zero attached hydrogens (tertiary/aromatic N) is 2. The minimum atomic E-state index is -0.863. The Labute approximate surface area is 118 Å². The maximum absolute atomic E-state index is 12.3. The minimum absolute atomic E-state index is 0.0239. The minimum Gasteiger partial charge on any atom is -0.379 e. The van der Waals surface area contributed by atoms with Crippen molar-refractivity contribution in [2.24, 2.45) is 5.73 Å². The first-order valence-electron chi connectivity index (χ1n) is 6.65. The second-order valence-corrected chi connectivity index (χ2v) is 5.31. The predicted octanol–water partition coefficient (Wildman–Crippen LogP) is 1.35. The SMILES string of the molecule is CCc1nn(CC)c(CC(=O)C2(N)CCOC2)c1Cl. The maximum Gasteiger partial charge on any atom is 0.161 e. The first kappa shape index (κ1) is 14.5. The highest BCUT2D eigenvalue weighted by Gasteiger charge is 2.38. The van der Waals surface area contributed by atoms with E-state index in [4.69, 9.17) is 22.1 Å². The van der Waals surface area contributed by atoms with Crippen molar-refractivity contribution in [3.05, 3.63) is 16.4 Å². The lowest BCUT2D eigenvalue weighted by atomic mass is 9.91. The van der Waals surface area contributed by atoms with Crippen LogP contribution >= 0.6 is 11.6 Å². The molecule has 5 nitrogen and oxygen atoms in total. The molecule has 2 N–H and O–H groups in total. The quantitative estimate of drug-likeness (QED) is 0.886. The van der Waals surface area contributed by atoms with E-state index in [0.29, 0.717) is 31.2 Å². The lowest BCUT2D eigenvalue weighted by Gasteiger charge is -2.20. The van der Waals surface area contributed by atoms with Crippen LogP contribution in [-0.2, 0) is 28.9 Å². The molecule has 2 heterocycles. The van der Waals surface area contributed by atoms with Crippen LogP contribution in [0.15, 0.2) is 0 Å². The molecule has 0 amide bonds. The highest BCUT2D eigenvalue weighted by Crippen LogP contribution is 2.25. The van der Waals surface area contributed by atoms with Crippen molar-refractivity contribution >= 4 is 17.4 Å². The summed E-state index contributed by atoms with van der Waals surface area (Å²) >= 11 is 6.30. The van der Waals surface area contributed by atoms with E-state index in [0.717, 1.165) is 17.8 Å². The van der Waals surface area contributed by atoms with E-state index < -0.39 is 5.54 Å². The van der Waals surface area contributed by atoms with E-state index in [2.05, 4.69) is 5.10 Å². The van der Waals surface area contributed by atoms with Gasteiger partial charge in [-0.2, -0.15) is 5.10 Å². The Morgan fingerprint density at radius 1 is 1.58 bits per heavy atom. The lowest BCUT2D eigenvalue weighted by molar-refractivity contribution is -0.123. The summed E-state index contributed by atoms with van der Waals surface area (Å²) in [5.74, 6) is -0.0239. The van der Waals surface area contributed by atoms with E-state index in [1.165, 1.54) is 0 Å². The maximum atomic E-state index is 12.3. The van der Waals surface area contributed by atoms with Gasteiger partial charge in [-0.15, -0.1) is 0 Å². The molecule has 1 aromatic rings. The number of aromatic nitrogens is 2. The van der Waals surface area contributed by atoms with Gasteiger partial charge in [-0.05, 0) is 19.8 Å². The predicted molar refractivity (Wildman–Crippen MR) is 73.4 cm³/mol. The zero-order valence-electron chi connectivity index (χ0n) is 11.4. The highest BCUT2D eigenvalue weighted by atomic mass is 35.5. The number of ether oxygens (including phenoxy) is 1. The summed E-state index contributed by atoms with van der Waals surface area (Å²) in [4.78, 5) is 12.3. The van der Waals surface area contributed by atoms with Gasteiger partial charge in [0.1, 0.15) is 5.54 Å². The van der Waals surface area contributed by atoms with Gasteiger partial charge < -0.3 is 10.5 Å². The molecule has 0 radical (unpaired) electrons. The zero-order valence-corrected chi connectivity index (χ0v) is 12.2. The lowest BCUT2D eigenvalue weighted by Crippen LogP contribution is -2.49. The molecule has 106 valence electrons. The fourth-order valence-corrected chi connectivity index (χ4v) is 2.65. The summed E-state index contributed by atoms with van der Waals surface area (Å²) in [7, 11) is 0. The van der Waals surface area contributed by atoms with Crippen molar-refractivity contribution in [2.75, 3.05) is 13.2 Å². The van der Waals surface area contributed by atoms with Crippen LogP contribution in [0.4, 0.5) is 0 Å². The molecular formula is C13H20ClN3O2. The Morgan fingerprint density at radius 3 is 2.84 bits per heavy atom. The van der Waals surface area contributed by atoms with E-state index in [9.17, 15) is 4.79 Å². The number of carbonyl (C=O) groups is 1. The molecule has 1 fully saturated rings. The number of nitrogens with two attached hydrogens (primary N) is 1. The van der Waals surface area contributed by atoms with E-state index in [1.807, 2.05) is 13.8 Å². The molecule has 1 aromatic heterocycles. The van der Waals surface area contributed by atoms with Gasteiger partial charge in [0.05, 0.1) is 29.4 Å². The average Bonchev–Trinajstić information content (AvgIpc) is 2.96. The topological polar surface area (TPSA) is 70.1 Å². The van der Waals surface area contributed by atoms with Crippen molar-refractivity contribution < 1.29 is 9.53 Å². The number of aryl methyl sites for hydroxylation is 2. The summed E-state index contributed by atoms with van der Waals surface area (Å²) in [6, 6.07) is 0. The first-order valence-corrected chi connectivity index (χ1v) is 7.03. The second kappa shape index (κ2) is 5.61. The summed E-state index contributed by atoms with van der Waals surface area (Å²) in [5.41, 5.74) is 6.82. The molecule has 0 spiro atoms. The van der Waals surface area contributed by atoms with Crippen LogP contribution in [0, 0.1) is 0 Å². The van der Waals surface area contributed by atoms with Crippen LogP contribution in [0.25, 0.3) is 0 Å². The van der Waals surface area contributed by atoms with Gasteiger partial charge in [0.15, 0.2) is 5.78 Å². The Hall–Kier alpha value is -0.910. The molecule has 2 rings (SSSR count). The molecule has 1 saturated heterocycles. The largest absolute Gasteiger partial charge is 0.379 e. The molecule has 0 aromatic carbocycles. The van der Waals surface area contributed by atoms with Gasteiger partial charge in [-0.1, -0.05) is 18.5 Å². The Bertz CT molecular complexity index is 478. The fraction of sp³-hybridized carbons (Fsp3) is 0.692. The number of ketones is 1. The van der Waals surface area contributed by atoms with E-state index in [1.54, 1.807) is 4.68 Å². The molecule has 6 heteroatoms. The number of Topliss-reactive ketones (excluding diaryl/α,β-unsaturated/α-hetero) is 1. The number of halogens is 1. The van der Waals surface area contributed by atoms with Gasteiger partial charge in [0.2, 0.25) is 0 Å². The van der Waals surface area contributed by atoms with Crippen molar-refractivity contribution in [3.8, 4) is 0 Å². The van der Waals surface area contributed by atoms with E-state index >= 15 is 0 Å². The molecule has 1 aliphatic heterocycles. The van der Waals surface area contributed by atoms with Gasteiger partial charge in [0.25, 0.3) is 0 Å². The van der Waals surface area contributed by atoms with Crippen LogP contribution in [0.2, 0.25) is 5.02 Å². The molecule has 0 saturated carbocycles. The molecule has 0 aliphatic carbocycles. The number of rotatable bonds is 5. The van der Waals surface area contributed by atoms with Crippen molar-refractivity contribution in [2.45, 2.75) is 45.2 Å². The third-order valence-electron chi connectivity index (χ3n) is 3.63. The average molecular weight is 286 g/mol. The van der Waals surface area contributed by atoms with E-state index in [-0.39, 0.29) is 12.2 Å². The summed E-state index contributed by atoms with van der Waals surface area (Å²) in [6.45, 7) is 5.51. The zero-order chi connectivity index (χ0) is 14.0. The molecule has 1 aliphatic rings. The van der Waals surface area contributed by atoms with Crippen LogP contribution in [0.3, 0.4) is 0 Å². The second-order valence-electron chi connectivity index (χ2n) is 4.94. The van der Waals surface area contributed by atoms with Gasteiger partial charge in [-0.3, -0.25) is 9.48 Å². The number of carbonyl (C=O) groups excluding carboxylic acids is 1. The number of hydrogen-bond donors (Lipinski definition) is 1. The standard InChI is InChI=1S/C13H20ClN3O2/c1-3-9-12(14)10(17(4-2)16-9)7-11(18)13(15)5-6-19-8-13/h3-8,15H2,1-2H3. The van der Waals surface area contributed by atoms with Gasteiger partial charge >= 0.3 is 0 Å². The van der Waals surface area contributed by atoms with Crippen molar-refractivity contribution in [1.82, 2.24) is 9.78 Å². The fourth-order valence-electron chi connectivity index (χ4n) is 2.31. The smallest absolute Gasteiger partial charge is 0.161 e. The van der Waals surface area contributed by atoms with Crippen molar-refractivity contribution in [3.63, 3.8) is 0 Å². The Morgan fingerprint density at radius 2 is 2.32 bits per heavy atom. The Balaban J connectivity index is 2.23. The highest BCUT2D eigenvalue weighted by molar-refractivity contribution is 6.32. The summed E-state index contributed by atoms with van der Waals surface area (Å²) in [6.07, 6.45) is 1.55. The third-order valence-corrected chi connectivity index (χ3v) is 4.07. The number of hydrogen-bond acceptors (Lipinski definition) is 4. The molecular weight excluding hydrogens is 266 g/mol.